The maximum absolute atomic E-state index is 12.4. The summed E-state index contributed by atoms with van der Waals surface area (Å²) >= 11 is 0. The molecule has 0 fully saturated rings. The maximum atomic E-state index is 12.4. The number of ether oxygens (including phenoxy) is 1. The van der Waals surface area contributed by atoms with Crippen LogP contribution in [-0.2, 0) is 21.1 Å². The van der Waals surface area contributed by atoms with Crippen molar-refractivity contribution in [3.63, 3.8) is 0 Å². The molecular weight excluding hydrogens is 364 g/mol. The highest BCUT2D eigenvalue weighted by atomic mass is 32.2. The van der Waals surface area contributed by atoms with Crippen LogP contribution in [-0.4, -0.2) is 39.1 Å². The quantitative estimate of drug-likeness (QED) is 0.730. The van der Waals surface area contributed by atoms with E-state index in [1.54, 1.807) is 60.5 Å². The molecule has 1 unspecified atom stereocenters. The first-order valence-electron chi connectivity index (χ1n) is 8.36. The second-order valence-corrected chi connectivity index (χ2v) is 8.31. The van der Waals surface area contributed by atoms with Crippen LogP contribution in [0.15, 0.2) is 53.4 Å². The fraction of sp³-hybridized carbons (Fsp3) is 0.300. The number of nitriles is 1. The first kappa shape index (κ1) is 20.5. The standard InChI is InChI=1S/C20H22N2O4S/c1-15(17-6-10-19(11-7-17)27(3,24)25)22(2)20(23)14-26-18-8-4-16(5-9-18)12-13-21/h4-11,15H,12,14H2,1-3H3. The summed E-state index contributed by atoms with van der Waals surface area (Å²) < 4.78 is 28.6. The predicted molar refractivity (Wildman–Crippen MR) is 102 cm³/mol. The summed E-state index contributed by atoms with van der Waals surface area (Å²) in [4.78, 5) is 14.2. The molecule has 0 heterocycles. The van der Waals surface area contributed by atoms with Crippen LogP contribution in [0.2, 0.25) is 0 Å². The van der Waals surface area contributed by atoms with Gasteiger partial charge in [0.05, 0.1) is 23.4 Å². The van der Waals surface area contributed by atoms with Crippen LogP contribution in [0.1, 0.15) is 24.1 Å². The highest BCUT2D eigenvalue weighted by molar-refractivity contribution is 7.90. The fourth-order valence-corrected chi connectivity index (χ4v) is 3.11. The largest absolute Gasteiger partial charge is 0.484 e. The van der Waals surface area contributed by atoms with Gasteiger partial charge in [0.15, 0.2) is 16.4 Å². The number of likely N-dealkylation sites (N-methyl/N-ethyl adjacent to an activating group) is 1. The summed E-state index contributed by atoms with van der Waals surface area (Å²) in [5.41, 5.74) is 1.72. The van der Waals surface area contributed by atoms with Crippen LogP contribution in [0.25, 0.3) is 0 Å². The molecule has 2 aromatic carbocycles. The van der Waals surface area contributed by atoms with E-state index in [1.807, 2.05) is 6.92 Å². The molecule has 2 aromatic rings. The van der Waals surface area contributed by atoms with Crippen molar-refractivity contribution in [1.82, 2.24) is 4.90 Å². The summed E-state index contributed by atoms with van der Waals surface area (Å²) in [7, 11) is -1.57. The second-order valence-electron chi connectivity index (χ2n) is 6.29. The van der Waals surface area contributed by atoms with Crippen LogP contribution in [0.4, 0.5) is 0 Å². The number of sulfone groups is 1. The van der Waals surface area contributed by atoms with E-state index in [4.69, 9.17) is 10.00 Å². The van der Waals surface area contributed by atoms with Crippen LogP contribution in [0.5, 0.6) is 5.75 Å². The maximum Gasteiger partial charge on any atom is 0.260 e. The molecule has 0 spiro atoms. The molecule has 0 N–H and O–H groups in total. The van der Waals surface area contributed by atoms with Crippen LogP contribution in [0, 0.1) is 11.3 Å². The molecule has 0 saturated heterocycles. The van der Waals surface area contributed by atoms with E-state index in [9.17, 15) is 13.2 Å². The van der Waals surface area contributed by atoms with Gasteiger partial charge >= 0.3 is 0 Å². The molecule has 2 rings (SSSR count). The Hall–Kier alpha value is -2.85. The summed E-state index contributed by atoms with van der Waals surface area (Å²) in [6, 6.07) is 15.4. The molecule has 0 aliphatic carbocycles. The minimum absolute atomic E-state index is 0.111. The number of amides is 1. The van der Waals surface area contributed by atoms with Gasteiger partial charge in [0.25, 0.3) is 5.91 Å². The van der Waals surface area contributed by atoms with Crippen molar-refractivity contribution in [2.24, 2.45) is 0 Å². The van der Waals surface area contributed by atoms with Gasteiger partial charge in [-0.1, -0.05) is 24.3 Å². The lowest BCUT2D eigenvalue weighted by Gasteiger charge is -2.25. The summed E-state index contributed by atoms with van der Waals surface area (Å²) in [5.74, 6) is 0.361. The van der Waals surface area contributed by atoms with Crippen LogP contribution < -0.4 is 4.74 Å². The lowest BCUT2D eigenvalue weighted by atomic mass is 10.1. The minimum atomic E-state index is -3.25. The van der Waals surface area contributed by atoms with E-state index in [0.717, 1.165) is 17.4 Å². The third-order valence-corrected chi connectivity index (χ3v) is 5.46. The number of nitrogens with zero attached hydrogens (tertiary/aromatic N) is 2. The molecule has 0 radical (unpaired) electrons. The Kier molecular flexibility index (Phi) is 6.59. The summed E-state index contributed by atoms with van der Waals surface area (Å²) in [6.45, 7) is 1.75. The van der Waals surface area contributed by atoms with Gasteiger partial charge in [-0.3, -0.25) is 4.79 Å². The molecule has 0 aliphatic rings. The molecule has 1 amide bonds. The SMILES string of the molecule is CC(c1ccc(S(C)(=O)=O)cc1)N(C)C(=O)COc1ccc(CC#N)cc1. The molecule has 0 aromatic heterocycles. The van der Waals surface area contributed by atoms with Crippen molar-refractivity contribution >= 4 is 15.7 Å². The molecule has 1 atom stereocenters. The summed E-state index contributed by atoms with van der Waals surface area (Å²) in [6.07, 6.45) is 1.49. The highest BCUT2D eigenvalue weighted by Gasteiger charge is 2.18. The first-order valence-corrected chi connectivity index (χ1v) is 10.3. The number of carbonyl (C=O) groups excluding carboxylic acids is 1. The van der Waals surface area contributed by atoms with Crippen LogP contribution >= 0.6 is 0 Å². The van der Waals surface area contributed by atoms with Crippen molar-refractivity contribution < 1.29 is 17.9 Å². The molecule has 0 saturated carbocycles. The zero-order chi connectivity index (χ0) is 20.0. The lowest BCUT2D eigenvalue weighted by Crippen LogP contribution is -2.33. The van der Waals surface area contributed by atoms with Crippen LogP contribution in [0.3, 0.4) is 0 Å². The van der Waals surface area contributed by atoms with Gasteiger partial charge in [0, 0.05) is 13.3 Å². The molecule has 142 valence electrons. The lowest BCUT2D eigenvalue weighted by molar-refractivity contribution is -0.134. The molecule has 0 bridgehead atoms. The van der Waals surface area contributed by atoms with Gasteiger partial charge in [-0.25, -0.2) is 8.42 Å². The molecular formula is C20H22N2O4S. The Morgan fingerprint density at radius 3 is 2.26 bits per heavy atom. The smallest absolute Gasteiger partial charge is 0.260 e. The number of carbonyl (C=O) groups is 1. The average molecular weight is 386 g/mol. The van der Waals surface area contributed by atoms with E-state index in [0.29, 0.717) is 12.2 Å². The van der Waals surface area contributed by atoms with E-state index >= 15 is 0 Å². The van der Waals surface area contributed by atoms with Crippen molar-refractivity contribution in [2.45, 2.75) is 24.3 Å². The number of benzene rings is 2. The van der Waals surface area contributed by atoms with E-state index in [1.165, 1.54) is 0 Å². The first-order chi connectivity index (χ1) is 12.7. The zero-order valence-corrected chi connectivity index (χ0v) is 16.4. The van der Waals surface area contributed by atoms with Gasteiger partial charge in [-0.2, -0.15) is 5.26 Å². The minimum Gasteiger partial charge on any atom is -0.484 e. The fourth-order valence-electron chi connectivity index (χ4n) is 2.47. The predicted octanol–water partition coefficient (Wildman–Crippen LogP) is 2.75. The Morgan fingerprint density at radius 1 is 1.15 bits per heavy atom. The highest BCUT2D eigenvalue weighted by Crippen LogP contribution is 2.21. The van der Waals surface area contributed by atoms with Gasteiger partial charge < -0.3 is 9.64 Å². The third kappa shape index (κ3) is 5.56. The molecule has 6 nitrogen and oxygen atoms in total. The Bertz CT molecular complexity index is 929. The van der Waals surface area contributed by atoms with Gasteiger partial charge in [0.2, 0.25) is 0 Å². The molecule has 0 aliphatic heterocycles. The molecule has 7 heteroatoms. The monoisotopic (exact) mass is 386 g/mol. The van der Waals surface area contributed by atoms with Gasteiger partial charge in [-0.15, -0.1) is 0 Å². The zero-order valence-electron chi connectivity index (χ0n) is 15.5. The number of hydrogen-bond donors (Lipinski definition) is 0. The third-order valence-electron chi connectivity index (χ3n) is 4.33. The van der Waals surface area contributed by atoms with E-state index in [-0.39, 0.29) is 23.5 Å². The van der Waals surface area contributed by atoms with Gasteiger partial charge in [-0.05, 0) is 42.3 Å². The Balaban J connectivity index is 1.96. The number of rotatable bonds is 7. The topological polar surface area (TPSA) is 87.5 Å². The summed E-state index contributed by atoms with van der Waals surface area (Å²) in [5, 5.41) is 8.67. The van der Waals surface area contributed by atoms with E-state index in [2.05, 4.69) is 6.07 Å². The average Bonchev–Trinajstić information content (AvgIpc) is 2.65. The van der Waals surface area contributed by atoms with Crippen molar-refractivity contribution in [2.75, 3.05) is 19.9 Å². The van der Waals surface area contributed by atoms with Crippen molar-refractivity contribution in [3.8, 4) is 11.8 Å². The second kappa shape index (κ2) is 8.69. The van der Waals surface area contributed by atoms with Gasteiger partial charge in [0.1, 0.15) is 5.75 Å². The van der Waals surface area contributed by atoms with Crippen molar-refractivity contribution in [1.29, 1.82) is 5.26 Å². The van der Waals surface area contributed by atoms with E-state index < -0.39 is 9.84 Å². The Morgan fingerprint density at radius 2 is 1.74 bits per heavy atom. The normalized spacial score (nSPS) is 12.1. The number of hydrogen-bond acceptors (Lipinski definition) is 5. The Labute approximate surface area is 159 Å². The van der Waals surface area contributed by atoms with Crippen molar-refractivity contribution in [3.05, 3.63) is 59.7 Å². The molecule has 27 heavy (non-hydrogen) atoms.